The van der Waals surface area contributed by atoms with E-state index in [9.17, 15) is 9.36 Å². The summed E-state index contributed by atoms with van der Waals surface area (Å²) in [4.78, 5) is 18.9. The monoisotopic (exact) mass is 226 g/mol. The predicted octanol–water partition coefficient (Wildman–Crippen LogP) is -0.481. The van der Waals surface area contributed by atoms with Gasteiger partial charge in [0.1, 0.15) is 12.4 Å². The number of carbonyl (C=O) groups excluding carboxylic acids is 1. The van der Waals surface area contributed by atoms with E-state index in [-0.39, 0.29) is 12.6 Å². The first-order valence-corrected chi connectivity index (χ1v) is 5.95. The SMILES string of the molecule is CCP(=O)(O)OC[C@@H](O)[C@@H](O)CC=O. The lowest BCUT2D eigenvalue weighted by atomic mass is 10.2. The van der Waals surface area contributed by atoms with Crippen LogP contribution in [0.4, 0.5) is 0 Å². The fourth-order valence-electron chi connectivity index (χ4n) is 0.651. The van der Waals surface area contributed by atoms with E-state index in [1.165, 1.54) is 6.92 Å². The van der Waals surface area contributed by atoms with Gasteiger partial charge in [-0.15, -0.1) is 0 Å². The molecule has 14 heavy (non-hydrogen) atoms. The zero-order valence-corrected chi connectivity index (χ0v) is 8.76. The van der Waals surface area contributed by atoms with E-state index < -0.39 is 26.4 Å². The Labute approximate surface area is 82.0 Å². The third-order valence-corrected chi connectivity index (χ3v) is 2.98. The smallest absolute Gasteiger partial charge is 0.327 e. The van der Waals surface area contributed by atoms with Crippen molar-refractivity contribution in [3.05, 3.63) is 0 Å². The largest absolute Gasteiger partial charge is 0.390 e. The van der Waals surface area contributed by atoms with Gasteiger partial charge in [-0.1, -0.05) is 6.92 Å². The van der Waals surface area contributed by atoms with E-state index in [1.54, 1.807) is 0 Å². The molecule has 3 N–H and O–H groups in total. The molecule has 0 aromatic rings. The number of aldehydes is 1. The zero-order chi connectivity index (χ0) is 11.2. The summed E-state index contributed by atoms with van der Waals surface area (Å²) in [6.07, 6.45) is -2.43. The summed E-state index contributed by atoms with van der Waals surface area (Å²) in [6.45, 7) is 1.01. The summed E-state index contributed by atoms with van der Waals surface area (Å²) >= 11 is 0. The summed E-state index contributed by atoms with van der Waals surface area (Å²) < 4.78 is 15.4. The van der Waals surface area contributed by atoms with Gasteiger partial charge >= 0.3 is 7.60 Å². The highest BCUT2D eigenvalue weighted by molar-refractivity contribution is 7.52. The Morgan fingerprint density at radius 1 is 1.43 bits per heavy atom. The first kappa shape index (κ1) is 13.7. The molecule has 0 aliphatic carbocycles. The molecule has 0 aliphatic heterocycles. The Morgan fingerprint density at radius 2 is 2.00 bits per heavy atom. The molecule has 0 fully saturated rings. The van der Waals surface area contributed by atoms with Crippen LogP contribution in [0.3, 0.4) is 0 Å². The van der Waals surface area contributed by atoms with Crippen molar-refractivity contribution in [2.24, 2.45) is 0 Å². The highest BCUT2D eigenvalue weighted by Gasteiger charge is 2.22. The van der Waals surface area contributed by atoms with E-state index in [4.69, 9.17) is 15.1 Å². The van der Waals surface area contributed by atoms with Crippen LogP contribution in [-0.4, -0.2) is 46.4 Å². The van der Waals surface area contributed by atoms with E-state index in [0.717, 1.165) is 0 Å². The van der Waals surface area contributed by atoms with E-state index >= 15 is 0 Å². The maximum Gasteiger partial charge on any atom is 0.327 e. The average molecular weight is 226 g/mol. The van der Waals surface area contributed by atoms with Gasteiger partial charge in [0.25, 0.3) is 0 Å². The molecular weight excluding hydrogens is 211 g/mol. The number of hydrogen-bond donors (Lipinski definition) is 3. The Kier molecular flexibility index (Phi) is 6.15. The maximum atomic E-state index is 10.9. The van der Waals surface area contributed by atoms with Crippen molar-refractivity contribution in [1.29, 1.82) is 0 Å². The van der Waals surface area contributed by atoms with Gasteiger partial charge in [-0.2, -0.15) is 0 Å². The first-order valence-electron chi connectivity index (χ1n) is 4.19. The predicted molar refractivity (Wildman–Crippen MR) is 49.0 cm³/mol. The van der Waals surface area contributed by atoms with Crippen molar-refractivity contribution in [1.82, 2.24) is 0 Å². The second-order valence-electron chi connectivity index (χ2n) is 2.79. The molecule has 3 atom stereocenters. The topological polar surface area (TPSA) is 104 Å². The standard InChI is InChI=1S/C7H15O6P/c1-2-14(11,12)13-5-7(10)6(9)3-4-8/h4,6-7,9-10H,2-3,5H2,1H3,(H,11,12)/t6-,7+/m0/s1. The van der Waals surface area contributed by atoms with Crippen molar-refractivity contribution in [2.45, 2.75) is 25.6 Å². The molecule has 0 bridgehead atoms. The molecule has 6 nitrogen and oxygen atoms in total. The number of carbonyl (C=O) groups is 1. The molecule has 1 unspecified atom stereocenters. The van der Waals surface area contributed by atoms with Gasteiger partial charge in [-0.05, 0) is 0 Å². The zero-order valence-electron chi connectivity index (χ0n) is 7.87. The molecule has 0 amide bonds. The molecule has 0 rings (SSSR count). The first-order chi connectivity index (χ1) is 6.43. The van der Waals surface area contributed by atoms with Crippen LogP contribution < -0.4 is 0 Å². The van der Waals surface area contributed by atoms with Crippen LogP contribution in [-0.2, 0) is 13.9 Å². The number of aliphatic hydroxyl groups is 2. The van der Waals surface area contributed by atoms with Gasteiger partial charge in [0.05, 0.1) is 12.7 Å². The van der Waals surface area contributed by atoms with Crippen LogP contribution in [0, 0.1) is 0 Å². The summed E-state index contributed by atoms with van der Waals surface area (Å²) in [5.74, 6) is 0. The molecule has 0 aromatic carbocycles. The Bertz CT molecular complexity index is 218. The third kappa shape index (κ3) is 5.47. The summed E-state index contributed by atoms with van der Waals surface area (Å²) in [5, 5.41) is 18.2. The molecule has 0 saturated carbocycles. The van der Waals surface area contributed by atoms with Gasteiger partial charge in [0.15, 0.2) is 0 Å². The minimum absolute atomic E-state index is 0.0660. The lowest BCUT2D eigenvalue weighted by Gasteiger charge is -2.17. The van der Waals surface area contributed by atoms with Crippen molar-refractivity contribution in [2.75, 3.05) is 12.8 Å². The minimum Gasteiger partial charge on any atom is -0.390 e. The molecule has 0 radical (unpaired) electrons. The molecule has 0 saturated heterocycles. The minimum atomic E-state index is -3.65. The van der Waals surface area contributed by atoms with Gasteiger partial charge in [0, 0.05) is 12.6 Å². The lowest BCUT2D eigenvalue weighted by Crippen LogP contribution is -2.30. The Hall–Kier alpha value is -0.260. The molecule has 0 aliphatic rings. The molecule has 0 heterocycles. The highest BCUT2D eigenvalue weighted by atomic mass is 31.2. The van der Waals surface area contributed by atoms with E-state index in [2.05, 4.69) is 4.52 Å². The fourth-order valence-corrected chi connectivity index (χ4v) is 1.22. The summed E-state index contributed by atoms with van der Waals surface area (Å²) in [6, 6.07) is 0. The van der Waals surface area contributed by atoms with Crippen molar-refractivity contribution >= 4 is 13.9 Å². The van der Waals surface area contributed by atoms with Gasteiger partial charge < -0.3 is 24.4 Å². The Morgan fingerprint density at radius 3 is 2.43 bits per heavy atom. The quantitative estimate of drug-likeness (QED) is 0.400. The summed E-state index contributed by atoms with van der Waals surface area (Å²) in [7, 11) is -3.65. The second kappa shape index (κ2) is 6.27. The van der Waals surface area contributed by atoms with E-state index in [1.807, 2.05) is 0 Å². The number of rotatable bonds is 7. The van der Waals surface area contributed by atoms with Crippen LogP contribution in [0.15, 0.2) is 0 Å². The van der Waals surface area contributed by atoms with Crippen LogP contribution in [0.25, 0.3) is 0 Å². The molecule has 0 spiro atoms. The molecular formula is C7H15O6P. The van der Waals surface area contributed by atoms with Crippen molar-refractivity contribution in [3.8, 4) is 0 Å². The molecule has 0 aromatic heterocycles. The maximum absolute atomic E-state index is 10.9. The van der Waals surface area contributed by atoms with Crippen LogP contribution in [0.1, 0.15) is 13.3 Å². The van der Waals surface area contributed by atoms with Crippen LogP contribution in [0.2, 0.25) is 0 Å². The van der Waals surface area contributed by atoms with Crippen LogP contribution >= 0.6 is 7.60 Å². The molecule has 84 valence electrons. The number of aliphatic hydroxyl groups excluding tert-OH is 2. The van der Waals surface area contributed by atoms with E-state index in [0.29, 0.717) is 6.29 Å². The highest BCUT2D eigenvalue weighted by Crippen LogP contribution is 2.41. The van der Waals surface area contributed by atoms with Crippen molar-refractivity contribution < 1.29 is 29.0 Å². The van der Waals surface area contributed by atoms with Crippen molar-refractivity contribution in [3.63, 3.8) is 0 Å². The average Bonchev–Trinajstić information content (AvgIpc) is 2.15. The number of hydrogen-bond acceptors (Lipinski definition) is 5. The van der Waals surface area contributed by atoms with Gasteiger partial charge in [-0.3, -0.25) is 4.57 Å². The fraction of sp³-hybridized carbons (Fsp3) is 0.857. The third-order valence-electron chi connectivity index (χ3n) is 1.63. The van der Waals surface area contributed by atoms with Crippen LogP contribution in [0.5, 0.6) is 0 Å². The van der Waals surface area contributed by atoms with Gasteiger partial charge in [-0.25, -0.2) is 0 Å². The van der Waals surface area contributed by atoms with Gasteiger partial charge in [0.2, 0.25) is 0 Å². The Balaban J connectivity index is 3.89. The molecule has 7 heteroatoms. The summed E-state index contributed by atoms with van der Waals surface area (Å²) in [5.41, 5.74) is 0. The normalized spacial score (nSPS) is 19.7. The lowest BCUT2D eigenvalue weighted by molar-refractivity contribution is -0.111. The second-order valence-corrected chi connectivity index (χ2v) is 4.95.